The van der Waals surface area contributed by atoms with Gasteiger partial charge in [0.2, 0.25) is 0 Å². The summed E-state index contributed by atoms with van der Waals surface area (Å²) in [5.74, 6) is 1.04. The molecule has 0 radical (unpaired) electrons. The Balaban J connectivity index is 1.95. The number of anilines is 1. The molecule has 3 N–H and O–H groups in total. The molecule has 2 aromatic rings. The topological polar surface area (TPSA) is 92.2 Å². The van der Waals surface area contributed by atoms with E-state index in [9.17, 15) is 9.90 Å². The molecule has 0 saturated carbocycles. The maximum atomic E-state index is 11.9. The highest BCUT2D eigenvalue weighted by molar-refractivity contribution is 6.01. The molecule has 0 aliphatic carbocycles. The molecule has 7 nitrogen and oxygen atoms in total. The molecule has 0 fully saturated rings. The van der Waals surface area contributed by atoms with E-state index in [0.717, 1.165) is 5.69 Å². The van der Waals surface area contributed by atoms with E-state index in [0.29, 0.717) is 22.8 Å². The normalized spacial score (nSPS) is 10.9. The third-order valence-corrected chi connectivity index (χ3v) is 3.46. The first-order chi connectivity index (χ1) is 12.0. The second-order valence-electron chi connectivity index (χ2n) is 5.20. The molecule has 0 atom stereocenters. The summed E-state index contributed by atoms with van der Waals surface area (Å²) in [6.07, 6.45) is 0. The molecule has 0 aliphatic rings. The molecule has 7 heteroatoms. The summed E-state index contributed by atoms with van der Waals surface area (Å²) in [4.78, 5) is 11.9. The average molecular weight is 343 g/mol. The van der Waals surface area contributed by atoms with E-state index in [2.05, 4.69) is 15.8 Å². The molecule has 0 aliphatic heterocycles. The minimum Gasteiger partial charge on any atom is -0.507 e. The molecule has 0 aromatic heterocycles. The number of phenolic OH excluding ortho intramolecular Hbond substituents is 1. The van der Waals surface area contributed by atoms with Crippen LogP contribution in [0.1, 0.15) is 12.5 Å². The van der Waals surface area contributed by atoms with Gasteiger partial charge in [-0.3, -0.25) is 4.79 Å². The van der Waals surface area contributed by atoms with Gasteiger partial charge in [-0.05, 0) is 37.3 Å². The first-order valence-corrected chi connectivity index (χ1v) is 7.62. The van der Waals surface area contributed by atoms with Gasteiger partial charge in [-0.1, -0.05) is 6.07 Å². The fourth-order valence-electron chi connectivity index (χ4n) is 2.09. The highest BCUT2D eigenvalue weighted by atomic mass is 16.5. The third kappa shape index (κ3) is 5.13. The van der Waals surface area contributed by atoms with Crippen LogP contribution in [0.2, 0.25) is 0 Å². The van der Waals surface area contributed by atoms with E-state index < -0.39 is 0 Å². The number of nitrogens with one attached hydrogen (secondary N) is 2. The van der Waals surface area contributed by atoms with Gasteiger partial charge in [-0.15, -0.1) is 0 Å². The van der Waals surface area contributed by atoms with E-state index in [-0.39, 0.29) is 18.2 Å². The molecule has 0 bridgehead atoms. The number of nitrogens with zero attached hydrogens (tertiary/aromatic N) is 1. The minimum absolute atomic E-state index is 0.0496. The quantitative estimate of drug-likeness (QED) is 0.530. The van der Waals surface area contributed by atoms with Crippen LogP contribution in [0.3, 0.4) is 0 Å². The van der Waals surface area contributed by atoms with Gasteiger partial charge >= 0.3 is 0 Å². The van der Waals surface area contributed by atoms with Crippen molar-refractivity contribution in [3.05, 3.63) is 48.0 Å². The summed E-state index contributed by atoms with van der Waals surface area (Å²) < 4.78 is 10.2. The number of carbonyl (C=O) groups excluding carboxylic acids is 1. The standard InChI is InChI=1S/C18H21N3O4/c1-12(16-10-15(25-3)7-8-17(16)22)20-21-18(23)11-19-13-5-4-6-14(9-13)24-2/h4-10,19,22H,11H2,1-3H3,(H,21,23)/b20-12+. The van der Waals surface area contributed by atoms with Crippen LogP contribution in [0.5, 0.6) is 17.2 Å². The second-order valence-corrected chi connectivity index (χ2v) is 5.20. The van der Waals surface area contributed by atoms with E-state index in [1.165, 1.54) is 13.2 Å². The van der Waals surface area contributed by atoms with Crippen LogP contribution >= 0.6 is 0 Å². The molecule has 1 amide bonds. The fourth-order valence-corrected chi connectivity index (χ4v) is 2.09. The zero-order valence-electron chi connectivity index (χ0n) is 14.4. The lowest BCUT2D eigenvalue weighted by Crippen LogP contribution is -2.26. The van der Waals surface area contributed by atoms with Crippen molar-refractivity contribution in [3.63, 3.8) is 0 Å². The van der Waals surface area contributed by atoms with Crippen molar-refractivity contribution < 1.29 is 19.4 Å². The van der Waals surface area contributed by atoms with Gasteiger partial charge in [0.25, 0.3) is 5.91 Å². The highest BCUT2D eigenvalue weighted by Gasteiger charge is 2.08. The maximum Gasteiger partial charge on any atom is 0.259 e. The number of phenols is 1. The van der Waals surface area contributed by atoms with Crippen molar-refractivity contribution in [1.82, 2.24) is 5.43 Å². The van der Waals surface area contributed by atoms with E-state index >= 15 is 0 Å². The average Bonchev–Trinajstić information content (AvgIpc) is 2.65. The monoisotopic (exact) mass is 343 g/mol. The number of carbonyl (C=O) groups is 1. The summed E-state index contributed by atoms with van der Waals surface area (Å²) in [5, 5.41) is 16.9. The van der Waals surface area contributed by atoms with Crippen molar-refractivity contribution in [2.75, 3.05) is 26.1 Å². The lowest BCUT2D eigenvalue weighted by atomic mass is 10.1. The maximum absolute atomic E-state index is 11.9. The number of aromatic hydroxyl groups is 1. The molecule has 0 spiro atoms. The van der Waals surface area contributed by atoms with Crippen molar-refractivity contribution in [1.29, 1.82) is 0 Å². The Morgan fingerprint density at radius 2 is 1.84 bits per heavy atom. The number of benzene rings is 2. The van der Waals surface area contributed by atoms with E-state index in [1.807, 2.05) is 18.2 Å². The van der Waals surface area contributed by atoms with Crippen molar-refractivity contribution in [2.24, 2.45) is 5.10 Å². The lowest BCUT2D eigenvalue weighted by Gasteiger charge is -2.09. The van der Waals surface area contributed by atoms with Crippen LogP contribution < -0.4 is 20.2 Å². The molecule has 0 unspecified atom stereocenters. The molecule has 0 heterocycles. The summed E-state index contributed by atoms with van der Waals surface area (Å²) in [6, 6.07) is 12.1. The predicted octanol–water partition coefficient (Wildman–Crippen LogP) is 2.36. The zero-order valence-corrected chi connectivity index (χ0v) is 14.4. The first-order valence-electron chi connectivity index (χ1n) is 7.62. The van der Waals surface area contributed by atoms with Crippen LogP contribution in [0, 0.1) is 0 Å². The number of hydrogen-bond acceptors (Lipinski definition) is 6. The van der Waals surface area contributed by atoms with Gasteiger partial charge in [0.1, 0.15) is 17.2 Å². The zero-order chi connectivity index (χ0) is 18.2. The van der Waals surface area contributed by atoms with Crippen LogP contribution in [0.25, 0.3) is 0 Å². The largest absolute Gasteiger partial charge is 0.507 e. The van der Waals surface area contributed by atoms with Gasteiger partial charge in [-0.25, -0.2) is 5.43 Å². The van der Waals surface area contributed by atoms with Gasteiger partial charge in [0.05, 0.1) is 26.5 Å². The minimum atomic E-state index is -0.315. The third-order valence-electron chi connectivity index (χ3n) is 3.46. The van der Waals surface area contributed by atoms with Gasteiger partial charge < -0.3 is 19.9 Å². The summed E-state index contributed by atoms with van der Waals surface area (Å²) in [5.41, 5.74) is 4.16. The Hall–Kier alpha value is -3.22. The summed E-state index contributed by atoms with van der Waals surface area (Å²) >= 11 is 0. The van der Waals surface area contributed by atoms with Crippen molar-refractivity contribution >= 4 is 17.3 Å². The smallest absolute Gasteiger partial charge is 0.259 e. The molecule has 0 saturated heterocycles. The molecule has 25 heavy (non-hydrogen) atoms. The van der Waals surface area contributed by atoms with E-state index in [4.69, 9.17) is 9.47 Å². The fraction of sp³-hybridized carbons (Fsp3) is 0.222. The number of rotatable bonds is 7. The number of amides is 1. The molecule has 2 aromatic carbocycles. The summed E-state index contributed by atoms with van der Waals surface area (Å²) in [6.45, 7) is 1.73. The molecule has 132 valence electrons. The van der Waals surface area contributed by atoms with Crippen LogP contribution in [-0.4, -0.2) is 37.5 Å². The number of hydrogen-bond donors (Lipinski definition) is 3. The molecular formula is C18H21N3O4. The first kappa shape index (κ1) is 18.1. The van der Waals surface area contributed by atoms with Crippen molar-refractivity contribution in [2.45, 2.75) is 6.92 Å². The number of hydrazone groups is 1. The van der Waals surface area contributed by atoms with Crippen LogP contribution in [0.4, 0.5) is 5.69 Å². The Kier molecular flexibility index (Phi) is 6.22. The highest BCUT2D eigenvalue weighted by Crippen LogP contribution is 2.23. The lowest BCUT2D eigenvalue weighted by molar-refractivity contribution is -0.119. The SMILES string of the molecule is COc1cccc(NCC(=O)N/N=C(\C)c2cc(OC)ccc2O)c1. The molecular weight excluding hydrogens is 322 g/mol. The summed E-state index contributed by atoms with van der Waals surface area (Å²) in [7, 11) is 3.12. The van der Waals surface area contributed by atoms with Gasteiger partial charge in [0, 0.05) is 17.3 Å². The van der Waals surface area contributed by atoms with E-state index in [1.54, 1.807) is 32.2 Å². The Labute approximate surface area is 146 Å². The van der Waals surface area contributed by atoms with Gasteiger partial charge in [-0.2, -0.15) is 5.10 Å². The van der Waals surface area contributed by atoms with Crippen LogP contribution in [0.15, 0.2) is 47.6 Å². The second kappa shape index (κ2) is 8.58. The number of ether oxygens (including phenoxy) is 2. The van der Waals surface area contributed by atoms with Crippen molar-refractivity contribution in [3.8, 4) is 17.2 Å². The van der Waals surface area contributed by atoms with Gasteiger partial charge in [0.15, 0.2) is 0 Å². The number of methoxy groups -OCH3 is 2. The predicted molar refractivity (Wildman–Crippen MR) is 96.5 cm³/mol. The Morgan fingerprint density at radius 3 is 2.56 bits per heavy atom. The van der Waals surface area contributed by atoms with Crippen LogP contribution in [-0.2, 0) is 4.79 Å². The Bertz CT molecular complexity index is 775. The Morgan fingerprint density at radius 1 is 1.12 bits per heavy atom. The molecule has 2 rings (SSSR count).